The number of carbonyl (C=O) groups is 3. The van der Waals surface area contributed by atoms with Gasteiger partial charge in [-0.25, -0.2) is 0 Å². The van der Waals surface area contributed by atoms with Gasteiger partial charge in [0.05, 0.1) is 9.83 Å². The fourth-order valence-corrected chi connectivity index (χ4v) is 4.50. The molecular formula is C24H18ClN3O6S. The monoisotopic (exact) mass is 511 g/mol. The molecule has 3 amide bonds. The quantitative estimate of drug-likeness (QED) is 0.252. The van der Waals surface area contributed by atoms with Crippen molar-refractivity contribution in [3.63, 3.8) is 0 Å². The molecule has 2 aromatic carbocycles. The second kappa shape index (κ2) is 9.77. The normalized spacial score (nSPS) is 14.6. The number of furan rings is 1. The zero-order chi connectivity index (χ0) is 25.3. The van der Waals surface area contributed by atoms with Gasteiger partial charge in [0.2, 0.25) is 5.91 Å². The number of imide groups is 1. The number of nitrogens with one attached hydrogen (secondary N) is 1. The van der Waals surface area contributed by atoms with Crippen LogP contribution in [0, 0.1) is 24.0 Å². The summed E-state index contributed by atoms with van der Waals surface area (Å²) in [7, 11) is 0. The maximum atomic E-state index is 12.8. The van der Waals surface area contributed by atoms with Crippen LogP contribution in [0.15, 0.2) is 57.9 Å². The number of nitrogens with zero attached hydrogens (tertiary/aromatic N) is 2. The molecule has 0 spiro atoms. The number of para-hydroxylation sites is 1. The number of hydrogen-bond donors (Lipinski definition) is 1. The Balaban J connectivity index is 1.49. The first-order valence-corrected chi connectivity index (χ1v) is 11.5. The lowest BCUT2D eigenvalue weighted by molar-refractivity contribution is -0.384. The van der Waals surface area contributed by atoms with E-state index in [4.69, 9.17) is 16.0 Å². The van der Waals surface area contributed by atoms with Crippen LogP contribution in [-0.2, 0) is 9.59 Å². The highest BCUT2D eigenvalue weighted by atomic mass is 35.5. The fraction of sp³-hybridized carbons (Fsp3) is 0.125. The number of anilines is 1. The molecule has 1 aromatic heterocycles. The molecule has 1 aliphatic rings. The van der Waals surface area contributed by atoms with E-state index in [1.807, 2.05) is 32.0 Å². The number of carbonyl (C=O) groups excluding carboxylic acids is 3. The van der Waals surface area contributed by atoms with Crippen LogP contribution in [0.25, 0.3) is 17.4 Å². The Morgan fingerprint density at radius 3 is 2.57 bits per heavy atom. The number of amides is 3. The Morgan fingerprint density at radius 1 is 1.17 bits per heavy atom. The highest BCUT2D eigenvalue weighted by molar-refractivity contribution is 8.18. The smallest absolute Gasteiger partial charge is 0.294 e. The fourth-order valence-electron chi connectivity index (χ4n) is 3.49. The lowest BCUT2D eigenvalue weighted by Gasteiger charge is -2.15. The topological polar surface area (TPSA) is 123 Å². The van der Waals surface area contributed by atoms with Crippen molar-refractivity contribution in [1.29, 1.82) is 0 Å². The third-order valence-corrected chi connectivity index (χ3v) is 6.48. The van der Waals surface area contributed by atoms with Gasteiger partial charge in [0, 0.05) is 23.4 Å². The molecule has 3 aromatic rings. The summed E-state index contributed by atoms with van der Waals surface area (Å²) in [6, 6.07) is 13.0. The van der Waals surface area contributed by atoms with Gasteiger partial charge in [-0.3, -0.25) is 29.4 Å². The standard InChI is InChI=1S/C24H18ClN3O6S/c1-13-4-3-5-14(2)22(13)26-21(29)12-27-23(30)20(35-24(27)31)11-16-7-9-19(34-16)15-6-8-17(25)18(10-15)28(32)33/h3-11H,12H2,1-2H3,(H,26,29)/b20-11+. The third-order valence-electron chi connectivity index (χ3n) is 5.25. The second-order valence-electron chi connectivity index (χ2n) is 7.71. The second-order valence-corrected chi connectivity index (χ2v) is 9.11. The van der Waals surface area contributed by atoms with Crippen molar-refractivity contribution >= 4 is 57.9 Å². The highest BCUT2D eigenvalue weighted by Gasteiger charge is 2.36. The lowest BCUT2D eigenvalue weighted by Crippen LogP contribution is -2.36. The predicted molar refractivity (Wildman–Crippen MR) is 133 cm³/mol. The van der Waals surface area contributed by atoms with E-state index in [-0.39, 0.29) is 21.4 Å². The van der Waals surface area contributed by atoms with Crippen LogP contribution in [0.3, 0.4) is 0 Å². The number of nitro benzene ring substituents is 1. The first-order chi connectivity index (χ1) is 16.6. The minimum absolute atomic E-state index is 0.000765. The summed E-state index contributed by atoms with van der Waals surface area (Å²) < 4.78 is 5.69. The molecule has 1 N–H and O–H groups in total. The van der Waals surface area contributed by atoms with Crippen molar-refractivity contribution in [1.82, 2.24) is 4.90 Å². The van der Waals surface area contributed by atoms with Crippen LogP contribution in [0.4, 0.5) is 16.2 Å². The summed E-state index contributed by atoms with van der Waals surface area (Å²) in [4.78, 5) is 49.2. The molecular weight excluding hydrogens is 494 g/mol. The maximum Gasteiger partial charge on any atom is 0.294 e. The van der Waals surface area contributed by atoms with Gasteiger partial charge in [-0.2, -0.15) is 0 Å². The predicted octanol–water partition coefficient (Wildman–Crippen LogP) is 5.80. The zero-order valence-corrected chi connectivity index (χ0v) is 20.1. The molecule has 0 saturated carbocycles. The van der Waals surface area contributed by atoms with Gasteiger partial charge >= 0.3 is 0 Å². The average Bonchev–Trinajstić information content (AvgIpc) is 3.37. The Hall–Kier alpha value is -3.89. The van der Waals surface area contributed by atoms with E-state index in [1.165, 1.54) is 18.2 Å². The maximum absolute atomic E-state index is 12.8. The van der Waals surface area contributed by atoms with Crippen molar-refractivity contribution in [3.05, 3.63) is 85.5 Å². The third kappa shape index (κ3) is 5.13. The Morgan fingerprint density at radius 2 is 1.89 bits per heavy atom. The van der Waals surface area contributed by atoms with Crippen LogP contribution in [-0.4, -0.2) is 33.4 Å². The van der Waals surface area contributed by atoms with E-state index in [2.05, 4.69) is 5.32 Å². The van der Waals surface area contributed by atoms with Crippen LogP contribution >= 0.6 is 23.4 Å². The summed E-state index contributed by atoms with van der Waals surface area (Å²) in [5, 5.41) is 13.3. The van der Waals surface area contributed by atoms with Gasteiger partial charge in [0.1, 0.15) is 23.1 Å². The Kier molecular flexibility index (Phi) is 6.77. The van der Waals surface area contributed by atoms with Crippen LogP contribution in [0.1, 0.15) is 16.9 Å². The molecule has 0 atom stereocenters. The van der Waals surface area contributed by atoms with Crippen molar-refractivity contribution in [3.8, 4) is 11.3 Å². The molecule has 2 heterocycles. The molecule has 0 radical (unpaired) electrons. The molecule has 1 saturated heterocycles. The van der Waals surface area contributed by atoms with Gasteiger partial charge in [-0.05, 0) is 61.0 Å². The van der Waals surface area contributed by atoms with E-state index in [0.29, 0.717) is 28.8 Å². The first kappa shape index (κ1) is 24.2. The van der Waals surface area contributed by atoms with Gasteiger partial charge in [0.25, 0.3) is 16.8 Å². The molecule has 0 unspecified atom stereocenters. The summed E-state index contributed by atoms with van der Waals surface area (Å²) in [5.74, 6) is -0.515. The Bertz CT molecular complexity index is 1390. The van der Waals surface area contributed by atoms with Crippen LogP contribution < -0.4 is 5.32 Å². The number of halogens is 1. The van der Waals surface area contributed by atoms with Gasteiger partial charge in [-0.1, -0.05) is 29.8 Å². The number of benzene rings is 2. The summed E-state index contributed by atoms with van der Waals surface area (Å²) >= 11 is 6.55. The average molecular weight is 512 g/mol. The molecule has 0 bridgehead atoms. The Labute approximate surface area is 208 Å². The number of aryl methyl sites for hydroxylation is 2. The van der Waals surface area contributed by atoms with E-state index in [0.717, 1.165) is 16.0 Å². The molecule has 0 aliphatic carbocycles. The van der Waals surface area contributed by atoms with Gasteiger partial charge in [-0.15, -0.1) is 0 Å². The summed E-state index contributed by atoms with van der Waals surface area (Å²) in [5.41, 5.74) is 2.55. The largest absolute Gasteiger partial charge is 0.457 e. The molecule has 4 rings (SSSR count). The van der Waals surface area contributed by atoms with Crippen molar-refractivity contribution < 1.29 is 23.7 Å². The molecule has 1 aliphatic heterocycles. The van der Waals surface area contributed by atoms with Crippen molar-refractivity contribution in [2.45, 2.75) is 13.8 Å². The SMILES string of the molecule is Cc1cccc(C)c1NC(=O)CN1C(=O)S/C(=C/c2ccc(-c3ccc(Cl)c([N+](=O)[O-])c3)o2)C1=O. The van der Waals surface area contributed by atoms with Crippen molar-refractivity contribution in [2.24, 2.45) is 0 Å². The van der Waals surface area contributed by atoms with Gasteiger partial charge < -0.3 is 9.73 Å². The molecule has 9 nitrogen and oxygen atoms in total. The van der Waals surface area contributed by atoms with Gasteiger partial charge in [0.15, 0.2) is 0 Å². The van der Waals surface area contributed by atoms with Crippen LogP contribution in [0.2, 0.25) is 5.02 Å². The molecule has 11 heteroatoms. The van der Waals surface area contributed by atoms with Crippen molar-refractivity contribution in [2.75, 3.05) is 11.9 Å². The molecule has 35 heavy (non-hydrogen) atoms. The summed E-state index contributed by atoms with van der Waals surface area (Å²) in [6.45, 7) is 3.28. The number of nitro groups is 1. The van der Waals surface area contributed by atoms with E-state index in [1.54, 1.807) is 18.2 Å². The van der Waals surface area contributed by atoms with E-state index >= 15 is 0 Å². The summed E-state index contributed by atoms with van der Waals surface area (Å²) in [6.07, 6.45) is 1.39. The zero-order valence-electron chi connectivity index (χ0n) is 18.5. The first-order valence-electron chi connectivity index (χ1n) is 10.3. The van der Waals surface area contributed by atoms with Crippen LogP contribution in [0.5, 0.6) is 0 Å². The number of rotatable bonds is 6. The number of hydrogen-bond acceptors (Lipinski definition) is 7. The lowest BCUT2D eigenvalue weighted by atomic mass is 10.1. The molecule has 1 fully saturated rings. The van der Waals surface area contributed by atoms with E-state index in [9.17, 15) is 24.5 Å². The highest BCUT2D eigenvalue weighted by Crippen LogP contribution is 2.35. The minimum Gasteiger partial charge on any atom is -0.457 e. The minimum atomic E-state index is -0.614. The molecule has 178 valence electrons. The van der Waals surface area contributed by atoms with E-state index < -0.39 is 28.5 Å². The number of thioether (sulfide) groups is 1.